The fourth-order valence-corrected chi connectivity index (χ4v) is 11.2. The lowest BCUT2D eigenvalue weighted by Gasteiger charge is -2.64. The second kappa shape index (κ2) is 16.2. The Morgan fingerprint density at radius 1 is 0.379 bits per heavy atom. The van der Waals surface area contributed by atoms with Gasteiger partial charge in [-0.3, -0.25) is 14.4 Å². The Hall–Kier alpha value is -8.07. The molecule has 15 nitrogen and oxygen atoms in total. The van der Waals surface area contributed by atoms with Crippen molar-refractivity contribution in [2.75, 3.05) is 80.8 Å². The first-order chi connectivity index (χ1) is 31.5. The van der Waals surface area contributed by atoms with Crippen molar-refractivity contribution in [1.29, 1.82) is 0 Å². The predicted octanol–water partition coefficient (Wildman–Crippen LogP) is 8.02. The van der Waals surface area contributed by atoms with Crippen molar-refractivity contribution in [2.24, 2.45) is 22.2 Å². The van der Waals surface area contributed by atoms with E-state index in [2.05, 4.69) is 26.6 Å². The third-order valence-corrected chi connectivity index (χ3v) is 14.1. The molecule has 15 heteroatoms. The van der Waals surface area contributed by atoms with E-state index in [1.807, 2.05) is 60.7 Å². The number of benzene rings is 6. The Balaban J connectivity index is 1.03. The summed E-state index contributed by atoms with van der Waals surface area (Å²) in [6.07, 6.45) is 2.21. The molecule has 2 unspecified atom stereocenters. The molecule has 3 amide bonds. The van der Waals surface area contributed by atoms with Crippen LogP contribution in [0.4, 0.5) is 68.2 Å². The van der Waals surface area contributed by atoms with Gasteiger partial charge in [-0.2, -0.15) is 0 Å². The number of anilines is 12. The molecule has 0 radical (unpaired) electrons. The van der Waals surface area contributed by atoms with Gasteiger partial charge in [0.15, 0.2) is 0 Å². The molecular weight excluding hydrogens is 829 g/mol. The number of rotatable bonds is 11. The average Bonchev–Trinajstić information content (AvgIpc) is 3.28. The molecule has 338 valence electrons. The zero-order valence-electron chi connectivity index (χ0n) is 37.0. The summed E-state index contributed by atoms with van der Waals surface area (Å²) in [5.41, 5.74) is 52.3. The van der Waals surface area contributed by atoms with Crippen molar-refractivity contribution in [3.8, 4) is 33.4 Å². The Morgan fingerprint density at radius 2 is 0.636 bits per heavy atom. The van der Waals surface area contributed by atoms with Crippen LogP contribution >= 0.6 is 0 Å². The SMILES string of the molecule is CNc1ccc(-c2ccc(NC(=O)C34CC5CC(C(=O)Nc6ccc(-c7ccc(N)c(N)c7)cc6N)(C3)CC(C(=O)Nc3ccc(-c6ccc(NC)c(N)c6)cc3N)(C5)C4)c(N)c2)cc1N. The second-order valence-electron chi connectivity index (χ2n) is 18.6. The number of carbonyl (C=O) groups excluding carboxylic acids is 3. The van der Waals surface area contributed by atoms with Gasteiger partial charge in [0.1, 0.15) is 0 Å². The summed E-state index contributed by atoms with van der Waals surface area (Å²) in [6.45, 7) is 0. The minimum Gasteiger partial charge on any atom is -0.397 e. The first kappa shape index (κ1) is 43.2. The molecule has 66 heavy (non-hydrogen) atoms. The van der Waals surface area contributed by atoms with Gasteiger partial charge in [0.2, 0.25) is 17.7 Å². The van der Waals surface area contributed by atoms with Gasteiger partial charge in [0.05, 0.1) is 84.5 Å². The van der Waals surface area contributed by atoms with Crippen LogP contribution in [0.1, 0.15) is 38.5 Å². The van der Waals surface area contributed by atoms with Gasteiger partial charge >= 0.3 is 0 Å². The van der Waals surface area contributed by atoms with Crippen molar-refractivity contribution < 1.29 is 14.4 Å². The zero-order chi connectivity index (χ0) is 46.7. The van der Waals surface area contributed by atoms with Crippen molar-refractivity contribution >= 4 is 86.0 Å². The molecule has 19 N–H and O–H groups in total. The van der Waals surface area contributed by atoms with Crippen LogP contribution in [0.15, 0.2) is 109 Å². The van der Waals surface area contributed by atoms with Gasteiger partial charge < -0.3 is 66.7 Å². The van der Waals surface area contributed by atoms with Crippen LogP contribution in [0.5, 0.6) is 0 Å². The molecule has 0 heterocycles. The van der Waals surface area contributed by atoms with Crippen molar-refractivity contribution in [2.45, 2.75) is 38.5 Å². The van der Waals surface area contributed by atoms with E-state index in [0.29, 0.717) is 76.1 Å². The molecule has 2 atom stereocenters. The molecular formula is C51H56N12O3. The highest BCUT2D eigenvalue weighted by Crippen LogP contribution is 2.70. The fraction of sp³-hybridized carbons (Fsp3) is 0.235. The van der Waals surface area contributed by atoms with Crippen molar-refractivity contribution in [3.05, 3.63) is 109 Å². The quantitative estimate of drug-likeness (QED) is 0.0551. The molecule has 6 aromatic carbocycles. The molecule has 4 saturated carbocycles. The van der Waals surface area contributed by atoms with Crippen LogP contribution in [0, 0.1) is 22.2 Å². The standard InChI is InChI=1S/C51H56N12O3/c1-59-41-10-4-29(16-36(41)54)32-7-13-44(39(57)19-32)62-47(65)50-22-27-21-49(24-50,46(64)61-43-12-6-31(18-38(43)56)28-3-9-34(52)35(53)15-28)25-51(23-27,26-50)48(66)63-45-14-8-33(20-40(45)58)30-5-11-42(60-2)37(55)17-30/h3-20,27,59-60H,21-26,52-58H2,1-2H3,(H,61,64)(H,62,65)(H,63,66). The van der Waals surface area contributed by atoms with Gasteiger partial charge in [0, 0.05) is 14.1 Å². The predicted molar refractivity (Wildman–Crippen MR) is 270 cm³/mol. The Morgan fingerprint density at radius 3 is 0.894 bits per heavy atom. The van der Waals surface area contributed by atoms with E-state index in [0.717, 1.165) is 44.8 Å². The Labute approximate surface area is 383 Å². The van der Waals surface area contributed by atoms with E-state index in [9.17, 15) is 14.4 Å². The lowest BCUT2D eigenvalue weighted by atomic mass is 9.39. The van der Waals surface area contributed by atoms with Crippen LogP contribution in [0.2, 0.25) is 0 Å². The van der Waals surface area contributed by atoms with Gasteiger partial charge in [-0.15, -0.1) is 0 Å². The molecule has 4 bridgehead atoms. The third-order valence-electron chi connectivity index (χ3n) is 14.1. The molecule has 6 aromatic rings. The number of nitrogens with one attached hydrogen (secondary N) is 5. The fourth-order valence-electron chi connectivity index (χ4n) is 11.2. The normalized spacial score (nSPS) is 21.5. The highest BCUT2D eigenvalue weighted by atomic mass is 16.2. The number of hydrogen-bond acceptors (Lipinski definition) is 12. The largest absolute Gasteiger partial charge is 0.397 e. The maximum atomic E-state index is 15.0. The smallest absolute Gasteiger partial charge is 0.230 e. The highest BCUT2D eigenvalue weighted by molar-refractivity contribution is 6.05. The average molecular weight is 885 g/mol. The number of nitrogen functional groups attached to an aromatic ring is 7. The number of carbonyl (C=O) groups is 3. The van der Waals surface area contributed by atoms with E-state index in [4.69, 9.17) is 40.1 Å². The van der Waals surface area contributed by atoms with E-state index in [-0.39, 0.29) is 42.9 Å². The first-order valence-electron chi connectivity index (χ1n) is 22.0. The van der Waals surface area contributed by atoms with Crippen molar-refractivity contribution in [1.82, 2.24) is 0 Å². The topological polar surface area (TPSA) is 294 Å². The highest BCUT2D eigenvalue weighted by Gasteiger charge is 2.70. The zero-order valence-corrected chi connectivity index (χ0v) is 37.0. The molecule has 0 aromatic heterocycles. The molecule has 4 aliphatic rings. The van der Waals surface area contributed by atoms with Crippen LogP contribution < -0.4 is 66.7 Å². The van der Waals surface area contributed by atoms with Gasteiger partial charge in [-0.25, -0.2) is 0 Å². The Kier molecular flexibility index (Phi) is 10.6. The lowest BCUT2D eigenvalue weighted by Crippen LogP contribution is -2.65. The first-order valence-corrected chi connectivity index (χ1v) is 22.0. The second-order valence-corrected chi connectivity index (χ2v) is 18.6. The van der Waals surface area contributed by atoms with E-state index in [1.165, 1.54) is 0 Å². The molecule has 10 rings (SSSR count). The molecule has 0 saturated heterocycles. The minimum atomic E-state index is -1.09. The molecule has 0 aliphatic heterocycles. The number of nitrogens with two attached hydrogens (primary N) is 7. The summed E-state index contributed by atoms with van der Waals surface area (Å²) >= 11 is 0. The summed E-state index contributed by atoms with van der Waals surface area (Å²) in [6, 6.07) is 33.0. The minimum absolute atomic E-state index is 0.115. The maximum Gasteiger partial charge on any atom is 0.230 e. The molecule has 0 spiro atoms. The monoisotopic (exact) mass is 884 g/mol. The van der Waals surface area contributed by atoms with Gasteiger partial charge in [-0.05, 0) is 151 Å². The summed E-state index contributed by atoms with van der Waals surface area (Å²) < 4.78 is 0. The van der Waals surface area contributed by atoms with E-state index < -0.39 is 16.2 Å². The lowest BCUT2D eigenvalue weighted by molar-refractivity contribution is -0.181. The summed E-state index contributed by atoms with van der Waals surface area (Å²) in [4.78, 5) is 44.9. The van der Waals surface area contributed by atoms with Crippen molar-refractivity contribution in [3.63, 3.8) is 0 Å². The van der Waals surface area contributed by atoms with E-state index in [1.54, 1.807) is 62.6 Å². The summed E-state index contributed by atoms with van der Waals surface area (Å²) in [7, 11) is 3.61. The van der Waals surface area contributed by atoms with E-state index >= 15 is 0 Å². The number of hydrogen-bond donors (Lipinski definition) is 12. The maximum absolute atomic E-state index is 15.0. The third kappa shape index (κ3) is 7.61. The van der Waals surface area contributed by atoms with Gasteiger partial charge in [0.25, 0.3) is 0 Å². The number of amides is 3. The van der Waals surface area contributed by atoms with Crippen LogP contribution in [-0.2, 0) is 14.4 Å². The van der Waals surface area contributed by atoms with Crippen LogP contribution in [0.3, 0.4) is 0 Å². The van der Waals surface area contributed by atoms with Gasteiger partial charge in [-0.1, -0.05) is 36.4 Å². The summed E-state index contributed by atoms with van der Waals surface area (Å²) in [5, 5.41) is 15.5. The van der Waals surface area contributed by atoms with Crippen LogP contribution in [0.25, 0.3) is 33.4 Å². The Bertz CT molecular complexity index is 2840. The summed E-state index contributed by atoms with van der Waals surface area (Å²) in [5.74, 6) is -0.989. The molecule has 4 aliphatic carbocycles. The molecule has 4 fully saturated rings. The van der Waals surface area contributed by atoms with Crippen LogP contribution in [-0.4, -0.2) is 31.8 Å².